The van der Waals surface area contributed by atoms with Crippen molar-refractivity contribution in [1.29, 1.82) is 0 Å². The van der Waals surface area contributed by atoms with Gasteiger partial charge in [0.25, 0.3) is 0 Å². The quantitative estimate of drug-likeness (QED) is 0.602. The van der Waals surface area contributed by atoms with Crippen LogP contribution in [0.2, 0.25) is 0 Å². The van der Waals surface area contributed by atoms with Gasteiger partial charge in [0.15, 0.2) is 5.76 Å². The number of nitrogens with zero attached hydrogens (tertiary/aromatic N) is 2. The van der Waals surface area contributed by atoms with E-state index < -0.39 is 10.0 Å². The lowest BCUT2D eigenvalue weighted by molar-refractivity contribution is -0.151. The van der Waals surface area contributed by atoms with Crippen molar-refractivity contribution in [2.75, 3.05) is 19.3 Å². The number of ether oxygens (including phenoxy) is 1. The van der Waals surface area contributed by atoms with E-state index in [-0.39, 0.29) is 18.5 Å². The smallest absolute Gasteiger partial charge is 0.309 e. The molecule has 3 aromatic rings. The third-order valence-electron chi connectivity index (χ3n) is 4.85. The molecule has 0 aliphatic carbocycles. The van der Waals surface area contributed by atoms with Gasteiger partial charge in [0.2, 0.25) is 15.8 Å². The number of rotatable bonds is 5. The number of piperidine rings is 1. The molecule has 0 saturated carbocycles. The maximum Gasteiger partial charge on any atom is 0.309 e. The molecule has 8 nitrogen and oxygen atoms in total. The third-order valence-corrected chi connectivity index (χ3v) is 6.15. The van der Waals surface area contributed by atoms with E-state index in [0.29, 0.717) is 43.1 Å². The first-order valence-electron chi connectivity index (χ1n) is 8.96. The summed E-state index contributed by atoms with van der Waals surface area (Å²) >= 11 is 0. The number of carbonyl (C=O) groups is 1. The average Bonchev–Trinajstić information content (AvgIpc) is 3.32. The van der Waals surface area contributed by atoms with E-state index >= 15 is 0 Å². The van der Waals surface area contributed by atoms with Crippen LogP contribution in [-0.4, -0.2) is 43.2 Å². The molecule has 0 N–H and O–H groups in total. The molecule has 0 unspecified atom stereocenters. The molecule has 0 bridgehead atoms. The second kappa shape index (κ2) is 7.40. The van der Waals surface area contributed by atoms with E-state index in [1.165, 1.54) is 10.6 Å². The Hall–Kier alpha value is -2.65. The van der Waals surface area contributed by atoms with Crippen LogP contribution in [0, 0.1) is 5.92 Å². The Kier molecular flexibility index (Phi) is 4.94. The second-order valence-corrected chi connectivity index (χ2v) is 8.86. The van der Waals surface area contributed by atoms with Crippen LogP contribution in [0.5, 0.6) is 0 Å². The molecule has 2 aromatic heterocycles. The topological polar surface area (TPSA) is 103 Å². The van der Waals surface area contributed by atoms with Crippen molar-refractivity contribution < 1.29 is 26.9 Å². The Morgan fingerprint density at radius 1 is 1.21 bits per heavy atom. The predicted molar refractivity (Wildman–Crippen MR) is 101 cm³/mol. The van der Waals surface area contributed by atoms with Gasteiger partial charge >= 0.3 is 5.97 Å². The van der Waals surface area contributed by atoms with Gasteiger partial charge in [-0.25, -0.2) is 12.7 Å². The first-order chi connectivity index (χ1) is 13.4. The summed E-state index contributed by atoms with van der Waals surface area (Å²) in [4.78, 5) is 12.3. The van der Waals surface area contributed by atoms with Gasteiger partial charge in [-0.2, -0.15) is 0 Å². The minimum absolute atomic E-state index is 0.00511. The second-order valence-electron chi connectivity index (χ2n) is 6.88. The fraction of sp³-hybridized carbons (Fsp3) is 0.368. The number of aromatic nitrogens is 1. The van der Waals surface area contributed by atoms with Gasteiger partial charge < -0.3 is 13.7 Å². The summed E-state index contributed by atoms with van der Waals surface area (Å²) in [6.45, 7) is 0.659. The normalized spacial score (nSPS) is 16.5. The van der Waals surface area contributed by atoms with E-state index in [4.69, 9.17) is 13.7 Å². The predicted octanol–water partition coefficient (Wildman–Crippen LogP) is 2.80. The molecular formula is C19H20N2O6S. The molecule has 9 heteroatoms. The molecule has 0 radical (unpaired) electrons. The van der Waals surface area contributed by atoms with Crippen molar-refractivity contribution in [2.24, 2.45) is 5.92 Å². The Labute approximate surface area is 162 Å². The monoisotopic (exact) mass is 404 g/mol. The number of esters is 1. The lowest BCUT2D eigenvalue weighted by Gasteiger charge is -2.28. The molecule has 4 rings (SSSR count). The molecule has 148 valence electrons. The van der Waals surface area contributed by atoms with Crippen molar-refractivity contribution in [3.8, 4) is 11.5 Å². The Balaban J connectivity index is 1.34. The third kappa shape index (κ3) is 3.95. The largest absolute Gasteiger partial charge is 0.459 e. The highest BCUT2D eigenvalue weighted by Crippen LogP contribution is 2.28. The summed E-state index contributed by atoms with van der Waals surface area (Å²) < 4.78 is 40.8. The highest BCUT2D eigenvalue weighted by atomic mass is 32.2. The van der Waals surface area contributed by atoms with Gasteiger partial charge in [-0.15, -0.1) is 0 Å². The van der Waals surface area contributed by atoms with Crippen LogP contribution in [0.15, 0.2) is 45.3 Å². The van der Waals surface area contributed by atoms with Crippen molar-refractivity contribution in [3.63, 3.8) is 0 Å². The van der Waals surface area contributed by atoms with Crippen LogP contribution in [-0.2, 0) is 26.2 Å². The first kappa shape index (κ1) is 18.7. The van der Waals surface area contributed by atoms with Gasteiger partial charge in [0.05, 0.1) is 12.2 Å². The summed E-state index contributed by atoms with van der Waals surface area (Å²) in [6.07, 6.45) is 2.08. The highest BCUT2D eigenvalue weighted by Gasteiger charge is 2.30. The molecule has 1 aliphatic rings. The van der Waals surface area contributed by atoms with Crippen molar-refractivity contribution in [1.82, 2.24) is 9.46 Å². The van der Waals surface area contributed by atoms with Crippen LogP contribution in [0.1, 0.15) is 18.5 Å². The van der Waals surface area contributed by atoms with E-state index in [1.54, 1.807) is 6.07 Å². The zero-order chi connectivity index (χ0) is 19.7. The number of furan rings is 1. The maximum absolute atomic E-state index is 12.3. The molecule has 1 aromatic carbocycles. The molecule has 3 heterocycles. The van der Waals surface area contributed by atoms with Crippen molar-refractivity contribution >= 4 is 27.0 Å². The number of para-hydroxylation sites is 1. The Morgan fingerprint density at radius 2 is 1.96 bits per heavy atom. The summed E-state index contributed by atoms with van der Waals surface area (Å²) in [7, 11) is -3.21. The zero-order valence-electron chi connectivity index (χ0n) is 15.3. The fourth-order valence-corrected chi connectivity index (χ4v) is 4.16. The van der Waals surface area contributed by atoms with Crippen LogP contribution in [0.3, 0.4) is 0 Å². The van der Waals surface area contributed by atoms with Crippen molar-refractivity contribution in [3.05, 3.63) is 42.1 Å². The lowest BCUT2D eigenvalue weighted by atomic mass is 9.98. The summed E-state index contributed by atoms with van der Waals surface area (Å²) in [5, 5.41) is 4.88. The van der Waals surface area contributed by atoms with Crippen LogP contribution in [0.4, 0.5) is 0 Å². The van der Waals surface area contributed by atoms with E-state index in [9.17, 15) is 13.2 Å². The number of sulfonamides is 1. The standard InChI is InChI=1S/C19H20N2O6S/c1-28(23,24)21-8-6-13(7-9-21)19(22)25-12-15-11-18(27-20-15)17-10-14-4-2-3-5-16(14)26-17/h2-5,10-11,13H,6-9,12H2,1H3. The summed E-state index contributed by atoms with van der Waals surface area (Å²) in [5.41, 5.74) is 1.24. The molecule has 0 spiro atoms. The van der Waals surface area contributed by atoms with Gasteiger partial charge in [-0.1, -0.05) is 23.4 Å². The fourth-order valence-electron chi connectivity index (χ4n) is 3.29. The van der Waals surface area contributed by atoms with Gasteiger partial charge in [0, 0.05) is 24.5 Å². The van der Waals surface area contributed by atoms with Gasteiger partial charge in [-0.05, 0) is 25.0 Å². The van der Waals surface area contributed by atoms with Gasteiger partial charge in [0.1, 0.15) is 17.9 Å². The molecule has 1 fully saturated rings. The van der Waals surface area contributed by atoms with E-state index in [2.05, 4.69) is 5.16 Å². The Bertz CT molecular complexity index is 1060. The minimum atomic E-state index is -3.21. The highest BCUT2D eigenvalue weighted by molar-refractivity contribution is 7.88. The van der Waals surface area contributed by atoms with E-state index in [0.717, 1.165) is 11.0 Å². The van der Waals surface area contributed by atoms with Crippen molar-refractivity contribution in [2.45, 2.75) is 19.4 Å². The zero-order valence-corrected chi connectivity index (χ0v) is 16.1. The van der Waals surface area contributed by atoms with E-state index in [1.807, 2.05) is 30.3 Å². The Morgan fingerprint density at radius 3 is 2.68 bits per heavy atom. The molecule has 0 atom stereocenters. The SMILES string of the molecule is CS(=O)(=O)N1CCC(C(=O)OCc2cc(-c3cc4ccccc4o3)on2)CC1. The average molecular weight is 404 g/mol. The molecule has 1 saturated heterocycles. The van der Waals surface area contributed by atoms with Crippen LogP contribution in [0.25, 0.3) is 22.5 Å². The molecule has 28 heavy (non-hydrogen) atoms. The maximum atomic E-state index is 12.3. The summed E-state index contributed by atoms with van der Waals surface area (Å²) in [5.74, 6) is 0.365. The molecule has 0 amide bonds. The number of fused-ring (bicyclic) bond motifs is 1. The molecular weight excluding hydrogens is 384 g/mol. The van der Waals surface area contributed by atoms with Gasteiger partial charge in [-0.3, -0.25) is 4.79 Å². The number of carbonyl (C=O) groups excluding carboxylic acids is 1. The van der Waals surface area contributed by atoms with Crippen LogP contribution >= 0.6 is 0 Å². The van der Waals surface area contributed by atoms with Crippen LogP contribution < -0.4 is 0 Å². The number of benzene rings is 1. The number of hydrogen-bond donors (Lipinski definition) is 0. The number of hydrogen-bond acceptors (Lipinski definition) is 7. The first-order valence-corrected chi connectivity index (χ1v) is 10.8. The lowest BCUT2D eigenvalue weighted by Crippen LogP contribution is -2.40. The minimum Gasteiger partial charge on any atom is -0.459 e. The molecule has 1 aliphatic heterocycles. The summed E-state index contributed by atoms with van der Waals surface area (Å²) in [6, 6.07) is 11.2.